The van der Waals surface area contributed by atoms with E-state index < -0.39 is 0 Å². The molecule has 0 aromatic rings. The van der Waals surface area contributed by atoms with Crippen molar-refractivity contribution in [2.75, 3.05) is 0 Å². The summed E-state index contributed by atoms with van der Waals surface area (Å²) < 4.78 is 0. The summed E-state index contributed by atoms with van der Waals surface area (Å²) in [5.74, 6) is 0. The molecule has 0 fully saturated rings. The molecular weight excluding hydrogens is 120 g/mol. The molecule has 0 bridgehead atoms. The first-order chi connectivity index (χ1) is 4.66. The maximum Gasteiger partial charge on any atom is -0.0109 e. The molecular formula is C10H16. The van der Waals surface area contributed by atoms with Crippen molar-refractivity contribution in [1.29, 1.82) is 0 Å². The first-order valence-electron chi connectivity index (χ1n) is 4.01. The van der Waals surface area contributed by atoms with Crippen LogP contribution in [-0.4, -0.2) is 0 Å². The number of hydrogen-bond donors (Lipinski definition) is 0. The minimum Gasteiger partial charge on any atom is -0.0783 e. The third-order valence-corrected chi connectivity index (χ3v) is 2.37. The molecule has 0 nitrogen and oxygen atoms in total. The van der Waals surface area contributed by atoms with Gasteiger partial charge in [0.1, 0.15) is 0 Å². The third kappa shape index (κ3) is 1.50. The Morgan fingerprint density at radius 3 is 2.70 bits per heavy atom. The van der Waals surface area contributed by atoms with Crippen molar-refractivity contribution < 1.29 is 0 Å². The van der Waals surface area contributed by atoms with E-state index in [4.69, 9.17) is 0 Å². The second kappa shape index (κ2) is 2.61. The molecule has 56 valence electrons. The Morgan fingerprint density at radius 2 is 2.30 bits per heavy atom. The maximum atomic E-state index is 2.32. The van der Waals surface area contributed by atoms with E-state index in [9.17, 15) is 0 Å². The van der Waals surface area contributed by atoms with Gasteiger partial charge < -0.3 is 0 Å². The molecule has 0 heterocycles. The van der Waals surface area contributed by atoms with Gasteiger partial charge in [0.2, 0.25) is 0 Å². The molecule has 0 N–H and O–H groups in total. The molecule has 1 aliphatic rings. The Bertz CT molecular complexity index is 174. The fourth-order valence-electron chi connectivity index (χ4n) is 1.44. The lowest BCUT2D eigenvalue weighted by Gasteiger charge is -2.26. The zero-order valence-corrected chi connectivity index (χ0v) is 7.15. The number of allylic oxidation sites excluding steroid dienone is 4. The highest BCUT2D eigenvalue weighted by molar-refractivity contribution is 5.21. The van der Waals surface area contributed by atoms with Crippen LogP contribution in [0, 0.1) is 5.41 Å². The lowest BCUT2D eigenvalue weighted by atomic mass is 9.78. The Hall–Kier alpha value is -0.520. The molecule has 0 aliphatic heterocycles. The van der Waals surface area contributed by atoms with Crippen LogP contribution in [0.3, 0.4) is 0 Å². The summed E-state index contributed by atoms with van der Waals surface area (Å²) in [6.45, 7) is 6.78. The average Bonchev–Trinajstić information content (AvgIpc) is 1.88. The molecule has 0 radical (unpaired) electrons. The SMILES string of the molecule is CCC1(C)C=CC=C(C)C1. The summed E-state index contributed by atoms with van der Waals surface area (Å²) >= 11 is 0. The molecule has 1 atom stereocenters. The molecule has 0 saturated carbocycles. The van der Waals surface area contributed by atoms with E-state index >= 15 is 0 Å². The van der Waals surface area contributed by atoms with Gasteiger partial charge in [-0.15, -0.1) is 0 Å². The van der Waals surface area contributed by atoms with E-state index in [-0.39, 0.29) is 0 Å². The monoisotopic (exact) mass is 136 g/mol. The molecule has 1 unspecified atom stereocenters. The van der Waals surface area contributed by atoms with Crippen molar-refractivity contribution >= 4 is 0 Å². The summed E-state index contributed by atoms with van der Waals surface area (Å²) in [5, 5.41) is 0. The van der Waals surface area contributed by atoms with Gasteiger partial charge >= 0.3 is 0 Å². The van der Waals surface area contributed by atoms with Gasteiger partial charge in [-0.25, -0.2) is 0 Å². The topological polar surface area (TPSA) is 0 Å². The second-order valence-electron chi connectivity index (χ2n) is 3.56. The Labute approximate surface area is 63.6 Å². The van der Waals surface area contributed by atoms with Crippen molar-refractivity contribution in [3.63, 3.8) is 0 Å². The van der Waals surface area contributed by atoms with Crippen molar-refractivity contribution in [3.8, 4) is 0 Å². The predicted molar refractivity (Wildman–Crippen MR) is 45.9 cm³/mol. The van der Waals surface area contributed by atoms with Gasteiger partial charge in [0.05, 0.1) is 0 Å². The first-order valence-corrected chi connectivity index (χ1v) is 4.01. The molecule has 0 saturated heterocycles. The molecule has 0 amide bonds. The van der Waals surface area contributed by atoms with E-state index in [0.717, 1.165) is 0 Å². The highest BCUT2D eigenvalue weighted by atomic mass is 14.2. The highest BCUT2D eigenvalue weighted by Gasteiger charge is 2.19. The van der Waals surface area contributed by atoms with Gasteiger partial charge in [-0.3, -0.25) is 0 Å². The summed E-state index contributed by atoms with van der Waals surface area (Å²) in [5.41, 5.74) is 1.95. The van der Waals surface area contributed by atoms with Crippen LogP contribution in [0.5, 0.6) is 0 Å². The third-order valence-electron chi connectivity index (χ3n) is 2.37. The summed E-state index contributed by atoms with van der Waals surface area (Å²) in [7, 11) is 0. The summed E-state index contributed by atoms with van der Waals surface area (Å²) in [4.78, 5) is 0. The van der Waals surface area contributed by atoms with Crippen molar-refractivity contribution in [2.45, 2.75) is 33.6 Å². The summed E-state index contributed by atoms with van der Waals surface area (Å²) in [6, 6.07) is 0. The lowest BCUT2D eigenvalue weighted by molar-refractivity contribution is 0.403. The van der Waals surface area contributed by atoms with Crippen LogP contribution in [-0.2, 0) is 0 Å². The predicted octanol–water partition coefficient (Wildman–Crippen LogP) is 3.31. The molecule has 0 heteroatoms. The Morgan fingerprint density at radius 1 is 1.60 bits per heavy atom. The standard InChI is InChI=1S/C10H16/c1-4-10(3)7-5-6-9(2)8-10/h5-7H,4,8H2,1-3H3. The molecule has 0 aromatic heterocycles. The zero-order valence-electron chi connectivity index (χ0n) is 7.15. The van der Waals surface area contributed by atoms with Crippen molar-refractivity contribution in [1.82, 2.24) is 0 Å². The average molecular weight is 136 g/mol. The van der Waals surface area contributed by atoms with E-state index in [1.165, 1.54) is 18.4 Å². The highest BCUT2D eigenvalue weighted by Crippen LogP contribution is 2.33. The molecule has 1 aliphatic carbocycles. The molecule has 1 rings (SSSR count). The van der Waals surface area contributed by atoms with Gasteiger partial charge in [0, 0.05) is 0 Å². The van der Waals surface area contributed by atoms with Gasteiger partial charge in [-0.2, -0.15) is 0 Å². The van der Waals surface area contributed by atoms with Crippen molar-refractivity contribution in [2.24, 2.45) is 5.41 Å². The van der Waals surface area contributed by atoms with Crippen LogP contribution in [0.25, 0.3) is 0 Å². The number of rotatable bonds is 1. The van der Waals surface area contributed by atoms with E-state index in [0.29, 0.717) is 5.41 Å². The minimum atomic E-state index is 0.443. The van der Waals surface area contributed by atoms with Crippen molar-refractivity contribution in [3.05, 3.63) is 23.8 Å². The lowest BCUT2D eigenvalue weighted by Crippen LogP contribution is -2.13. The quantitative estimate of drug-likeness (QED) is 0.518. The maximum absolute atomic E-state index is 2.32. The van der Waals surface area contributed by atoms with E-state index in [1.54, 1.807) is 0 Å². The zero-order chi connectivity index (χ0) is 7.61. The van der Waals surface area contributed by atoms with E-state index in [2.05, 4.69) is 39.0 Å². The summed E-state index contributed by atoms with van der Waals surface area (Å²) in [6.07, 6.45) is 9.19. The van der Waals surface area contributed by atoms with Gasteiger partial charge in [-0.1, -0.05) is 37.6 Å². The Balaban J connectivity index is 2.71. The van der Waals surface area contributed by atoms with Crippen LogP contribution < -0.4 is 0 Å². The largest absolute Gasteiger partial charge is 0.0783 e. The smallest absolute Gasteiger partial charge is 0.0109 e. The Kier molecular flexibility index (Phi) is 1.98. The fourth-order valence-corrected chi connectivity index (χ4v) is 1.44. The molecule has 0 spiro atoms. The minimum absolute atomic E-state index is 0.443. The normalized spacial score (nSPS) is 32.1. The number of hydrogen-bond acceptors (Lipinski definition) is 0. The van der Waals surface area contributed by atoms with Gasteiger partial charge in [-0.05, 0) is 25.2 Å². The van der Waals surface area contributed by atoms with Gasteiger partial charge in [0.25, 0.3) is 0 Å². The second-order valence-corrected chi connectivity index (χ2v) is 3.56. The van der Waals surface area contributed by atoms with Gasteiger partial charge in [0.15, 0.2) is 0 Å². The van der Waals surface area contributed by atoms with Crippen LogP contribution in [0.4, 0.5) is 0 Å². The first kappa shape index (κ1) is 7.59. The van der Waals surface area contributed by atoms with Crippen LogP contribution in [0.15, 0.2) is 23.8 Å². The van der Waals surface area contributed by atoms with Crippen LogP contribution in [0.2, 0.25) is 0 Å². The molecule has 0 aromatic carbocycles. The van der Waals surface area contributed by atoms with Crippen LogP contribution in [0.1, 0.15) is 33.6 Å². The van der Waals surface area contributed by atoms with E-state index in [1.807, 2.05) is 0 Å². The fraction of sp³-hybridized carbons (Fsp3) is 0.600. The van der Waals surface area contributed by atoms with Crippen LogP contribution >= 0.6 is 0 Å². The molecule has 10 heavy (non-hydrogen) atoms.